The van der Waals surface area contributed by atoms with Crippen LogP contribution in [0.3, 0.4) is 0 Å². The summed E-state index contributed by atoms with van der Waals surface area (Å²) in [5, 5.41) is 0. The van der Waals surface area contributed by atoms with Gasteiger partial charge in [0.2, 0.25) is 0 Å². The molecule has 4 heteroatoms. The van der Waals surface area contributed by atoms with Crippen LogP contribution in [0.1, 0.15) is 89.0 Å². The molecule has 28 heavy (non-hydrogen) atoms. The SMILES string of the molecule is CCCCC[C@H]1CC[C@H](c2cc(F)c(OCC3CC=C(F)CC3)c(F)c2)CC1. The molecule has 1 fully saturated rings. The van der Waals surface area contributed by atoms with Gasteiger partial charge in [-0.2, -0.15) is 0 Å². The molecular formula is C24H33F3O. The monoisotopic (exact) mass is 394 g/mol. The van der Waals surface area contributed by atoms with Gasteiger partial charge < -0.3 is 4.74 Å². The summed E-state index contributed by atoms with van der Waals surface area (Å²) < 4.78 is 47.6. The summed E-state index contributed by atoms with van der Waals surface area (Å²) in [6, 6.07) is 2.92. The van der Waals surface area contributed by atoms with E-state index in [1.54, 1.807) is 6.08 Å². The zero-order chi connectivity index (χ0) is 19.9. The fourth-order valence-corrected chi connectivity index (χ4v) is 4.63. The fraction of sp³-hybridized carbons (Fsp3) is 0.667. The smallest absolute Gasteiger partial charge is 0.190 e. The zero-order valence-corrected chi connectivity index (χ0v) is 17.0. The molecule has 0 aliphatic heterocycles. The van der Waals surface area contributed by atoms with Crippen molar-refractivity contribution in [1.82, 2.24) is 0 Å². The molecule has 1 aromatic carbocycles. The second-order valence-electron chi connectivity index (χ2n) is 8.63. The summed E-state index contributed by atoms with van der Waals surface area (Å²) in [5.41, 5.74) is 0.761. The van der Waals surface area contributed by atoms with Gasteiger partial charge in [0.05, 0.1) is 12.4 Å². The van der Waals surface area contributed by atoms with Crippen molar-refractivity contribution in [2.45, 2.75) is 83.5 Å². The largest absolute Gasteiger partial charge is 0.487 e. The maximum Gasteiger partial charge on any atom is 0.190 e. The molecule has 1 unspecified atom stereocenters. The molecule has 3 rings (SSSR count). The lowest BCUT2D eigenvalue weighted by molar-refractivity contribution is 0.215. The second kappa shape index (κ2) is 10.4. The molecule has 2 aliphatic rings. The number of halogens is 3. The molecule has 0 spiro atoms. The first kappa shape index (κ1) is 21.3. The van der Waals surface area contributed by atoms with Gasteiger partial charge >= 0.3 is 0 Å². The Labute approximate surface area is 167 Å². The van der Waals surface area contributed by atoms with Crippen molar-refractivity contribution in [3.05, 3.63) is 41.2 Å². The average Bonchev–Trinajstić information content (AvgIpc) is 2.69. The van der Waals surface area contributed by atoms with E-state index in [1.165, 1.54) is 37.8 Å². The van der Waals surface area contributed by atoms with Crippen LogP contribution in [0.2, 0.25) is 0 Å². The van der Waals surface area contributed by atoms with Crippen molar-refractivity contribution in [3.8, 4) is 5.75 Å². The molecule has 1 saturated carbocycles. The van der Waals surface area contributed by atoms with Gasteiger partial charge in [0, 0.05) is 0 Å². The van der Waals surface area contributed by atoms with Crippen molar-refractivity contribution in [3.63, 3.8) is 0 Å². The van der Waals surface area contributed by atoms with Crippen LogP contribution in [0.4, 0.5) is 13.2 Å². The van der Waals surface area contributed by atoms with Crippen LogP contribution >= 0.6 is 0 Å². The number of hydrogen-bond acceptors (Lipinski definition) is 1. The molecule has 156 valence electrons. The number of ether oxygens (including phenoxy) is 1. The molecule has 1 aromatic rings. The molecular weight excluding hydrogens is 361 g/mol. The maximum atomic E-state index is 14.5. The molecule has 1 nitrogen and oxygen atoms in total. The van der Waals surface area contributed by atoms with E-state index in [0.717, 1.165) is 37.2 Å². The van der Waals surface area contributed by atoms with E-state index in [2.05, 4.69) is 6.92 Å². The van der Waals surface area contributed by atoms with Crippen LogP contribution in [0.25, 0.3) is 0 Å². The van der Waals surface area contributed by atoms with Crippen LogP contribution < -0.4 is 4.74 Å². The summed E-state index contributed by atoms with van der Waals surface area (Å²) in [5.74, 6) is -0.484. The molecule has 0 amide bonds. The van der Waals surface area contributed by atoms with Gasteiger partial charge in [-0.3, -0.25) is 0 Å². The Bertz CT molecular complexity index is 639. The number of rotatable bonds is 8. The summed E-state index contributed by atoms with van der Waals surface area (Å²) in [7, 11) is 0. The first-order valence-corrected chi connectivity index (χ1v) is 11.0. The highest BCUT2D eigenvalue weighted by Gasteiger charge is 2.25. The van der Waals surface area contributed by atoms with Crippen molar-refractivity contribution in [2.24, 2.45) is 11.8 Å². The van der Waals surface area contributed by atoms with E-state index in [-0.39, 0.29) is 30.0 Å². The predicted molar refractivity (Wildman–Crippen MR) is 107 cm³/mol. The van der Waals surface area contributed by atoms with E-state index in [9.17, 15) is 13.2 Å². The van der Waals surface area contributed by atoms with Gasteiger partial charge in [-0.25, -0.2) is 13.2 Å². The lowest BCUT2D eigenvalue weighted by Crippen LogP contribution is -2.16. The Kier molecular flexibility index (Phi) is 7.87. The maximum absolute atomic E-state index is 14.5. The Morgan fingerprint density at radius 2 is 1.64 bits per heavy atom. The Balaban J connectivity index is 1.53. The van der Waals surface area contributed by atoms with Gasteiger partial charge in [0.15, 0.2) is 17.4 Å². The van der Waals surface area contributed by atoms with Gasteiger partial charge in [-0.05, 0) is 80.4 Å². The van der Waals surface area contributed by atoms with E-state index in [0.29, 0.717) is 19.3 Å². The quantitative estimate of drug-likeness (QED) is 0.408. The van der Waals surface area contributed by atoms with E-state index < -0.39 is 11.6 Å². The minimum atomic E-state index is -0.613. The first-order chi connectivity index (χ1) is 13.6. The number of allylic oxidation sites excluding steroid dienone is 2. The summed E-state index contributed by atoms with van der Waals surface area (Å²) in [6.07, 6.45) is 12.6. The second-order valence-corrected chi connectivity index (χ2v) is 8.63. The van der Waals surface area contributed by atoms with Gasteiger partial charge in [-0.15, -0.1) is 0 Å². The molecule has 0 N–H and O–H groups in total. The Hall–Kier alpha value is -1.45. The molecule has 2 aliphatic carbocycles. The molecule has 0 radical (unpaired) electrons. The van der Waals surface area contributed by atoms with E-state index in [4.69, 9.17) is 4.74 Å². The number of benzene rings is 1. The normalized spacial score (nSPS) is 25.4. The third-order valence-electron chi connectivity index (χ3n) is 6.48. The Morgan fingerprint density at radius 3 is 2.25 bits per heavy atom. The van der Waals surface area contributed by atoms with Crippen molar-refractivity contribution in [2.75, 3.05) is 6.61 Å². The predicted octanol–water partition coefficient (Wildman–Crippen LogP) is 7.85. The van der Waals surface area contributed by atoms with E-state index in [1.807, 2.05) is 0 Å². The minimum absolute atomic E-state index is 0.0990. The molecule has 0 saturated heterocycles. The van der Waals surface area contributed by atoms with E-state index >= 15 is 0 Å². The highest BCUT2D eigenvalue weighted by Crippen LogP contribution is 2.39. The highest BCUT2D eigenvalue weighted by atomic mass is 19.1. The van der Waals surface area contributed by atoms with Crippen LogP contribution in [0.15, 0.2) is 24.0 Å². The van der Waals surface area contributed by atoms with Crippen LogP contribution in [0, 0.1) is 23.5 Å². The zero-order valence-electron chi connectivity index (χ0n) is 17.0. The number of unbranched alkanes of at least 4 members (excludes halogenated alkanes) is 2. The van der Waals surface area contributed by atoms with Crippen molar-refractivity contribution >= 4 is 0 Å². The molecule has 0 bridgehead atoms. The van der Waals surface area contributed by atoms with Crippen LogP contribution in [-0.2, 0) is 0 Å². The lowest BCUT2D eigenvalue weighted by Gasteiger charge is -2.29. The van der Waals surface area contributed by atoms with Crippen molar-refractivity contribution < 1.29 is 17.9 Å². The third-order valence-corrected chi connectivity index (χ3v) is 6.48. The summed E-state index contributed by atoms with van der Waals surface area (Å²) in [4.78, 5) is 0. The lowest BCUT2D eigenvalue weighted by atomic mass is 9.77. The molecule has 1 atom stereocenters. The average molecular weight is 395 g/mol. The van der Waals surface area contributed by atoms with Gasteiger partial charge in [0.25, 0.3) is 0 Å². The standard InChI is InChI=1S/C24H33F3O/c1-2-3-4-5-17-6-10-19(11-7-17)20-14-22(26)24(23(27)15-20)28-16-18-8-12-21(25)13-9-18/h12,14-15,17-19H,2-11,13,16H2,1H3/t17-,18?,19-. The Morgan fingerprint density at radius 1 is 0.929 bits per heavy atom. The fourth-order valence-electron chi connectivity index (χ4n) is 4.63. The summed E-state index contributed by atoms with van der Waals surface area (Å²) >= 11 is 0. The summed E-state index contributed by atoms with van der Waals surface area (Å²) in [6.45, 7) is 2.44. The van der Waals surface area contributed by atoms with Gasteiger partial charge in [-0.1, -0.05) is 38.7 Å². The third kappa shape index (κ3) is 5.78. The first-order valence-electron chi connectivity index (χ1n) is 11.0. The topological polar surface area (TPSA) is 9.23 Å². The van der Waals surface area contributed by atoms with Crippen LogP contribution in [0.5, 0.6) is 5.75 Å². The van der Waals surface area contributed by atoms with Gasteiger partial charge in [0.1, 0.15) is 0 Å². The molecule has 0 aromatic heterocycles. The van der Waals surface area contributed by atoms with Crippen molar-refractivity contribution in [1.29, 1.82) is 0 Å². The van der Waals surface area contributed by atoms with Crippen LogP contribution in [-0.4, -0.2) is 6.61 Å². The number of hydrogen-bond donors (Lipinski definition) is 0. The highest BCUT2D eigenvalue weighted by molar-refractivity contribution is 5.33. The molecule has 0 heterocycles. The minimum Gasteiger partial charge on any atom is -0.487 e.